The lowest BCUT2D eigenvalue weighted by molar-refractivity contribution is -0.141. The molecule has 1 saturated heterocycles. The van der Waals surface area contributed by atoms with Crippen LogP contribution in [0.2, 0.25) is 0 Å². The van der Waals surface area contributed by atoms with Crippen LogP contribution in [0.3, 0.4) is 0 Å². The smallest absolute Gasteiger partial charge is 0.338 e. The molecule has 0 aromatic heterocycles. The molecule has 2 aliphatic carbocycles. The van der Waals surface area contributed by atoms with Crippen LogP contribution in [-0.4, -0.2) is 24.6 Å². The molecule has 0 amide bonds. The van der Waals surface area contributed by atoms with Crippen molar-refractivity contribution in [3.05, 3.63) is 48.0 Å². The van der Waals surface area contributed by atoms with Gasteiger partial charge in [-0.25, -0.2) is 4.79 Å². The molecule has 4 heteroatoms. The van der Waals surface area contributed by atoms with Gasteiger partial charge in [-0.15, -0.1) is 0 Å². The summed E-state index contributed by atoms with van der Waals surface area (Å²) in [5, 5.41) is 0. The predicted molar refractivity (Wildman–Crippen MR) is 79.0 cm³/mol. The summed E-state index contributed by atoms with van der Waals surface area (Å²) in [6.07, 6.45) is 6.41. The van der Waals surface area contributed by atoms with E-state index in [-0.39, 0.29) is 35.3 Å². The van der Waals surface area contributed by atoms with Crippen LogP contribution in [0.5, 0.6) is 0 Å². The molecule has 0 unspecified atom stereocenters. The van der Waals surface area contributed by atoms with Gasteiger partial charge in [-0.2, -0.15) is 0 Å². The molecule has 0 N–H and O–H groups in total. The Morgan fingerprint density at radius 1 is 1.27 bits per heavy atom. The number of carbonyl (C=O) groups is 2. The molecule has 1 aliphatic heterocycles. The van der Waals surface area contributed by atoms with Gasteiger partial charge in [-0.3, -0.25) is 4.79 Å². The van der Waals surface area contributed by atoms with Crippen LogP contribution >= 0.6 is 0 Å². The fourth-order valence-electron chi connectivity index (χ4n) is 4.26. The number of allylic oxidation sites excluding steroid dienone is 1. The lowest BCUT2D eigenvalue weighted by Gasteiger charge is -2.36. The van der Waals surface area contributed by atoms with Crippen LogP contribution in [0.15, 0.2) is 42.5 Å². The fraction of sp³-hybridized carbons (Fsp3) is 0.444. The molecule has 1 heterocycles. The third-order valence-electron chi connectivity index (χ3n) is 5.40. The maximum Gasteiger partial charge on any atom is 0.338 e. The van der Waals surface area contributed by atoms with Crippen LogP contribution in [0.4, 0.5) is 0 Å². The van der Waals surface area contributed by atoms with E-state index in [1.165, 1.54) is 0 Å². The average molecular weight is 298 g/mol. The Hall–Kier alpha value is -2.10. The van der Waals surface area contributed by atoms with Crippen molar-refractivity contribution in [2.45, 2.75) is 25.4 Å². The van der Waals surface area contributed by atoms with Crippen molar-refractivity contribution in [2.24, 2.45) is 17.3 Å². The summed E-state index contributed by atoms with van der Waals surface area (Å²) in [6, 6.07) is 9.04. The quantitative estimate of drug-likeness (QED) is 0.622. The summed E-state index contributed by atoms with van der Waals surface area (Å²) in [4.78, 5) is 24.2. The van der Waals surface area contributed by atoms with E-state index in [9.17, 15) is 9.59 Å². The van der Waals surface area contributed by atoms with Crippen molar-refractivity contribution < 1.29 is 19.1 Å². The standard InChI is InChI=1S/C18H18O4/c19-16(12-5-2-1-3-6-12)22-15-9-10-18-11-21-17(20)14(18)8-4-7-13(15)18/h1-7,13-15H,8-11H2/t13-,14+,15-,18+/m0/s1. The molecule has 4 atom stereocenters. The zero-order valence-electron chi connectivity index (χ0n) is 12.2. The molecule has 4 nitrogen and oxygen atoms in total. The third-order valence-corrected chi connectivity index (χ3v) is 5.40. The van der Waals surface area contributed by atoms with Crippen molar-refractivity contribution in [2.75, 3.05) is 6.61 Å². The minimum absolute atomic E-state index is 0.0667. The van der Waals surface area contributed by atoms with Gasteiger partial charge in [-0.05, 0) is 31.4 Å². The van der Waals surface area contributed by atoms with Crippen molar-refractivity contribution in [1.82, 2.24) is 0 Å². The molecule has 2 fully saturated rings. The molecular formula is C18H18O4. The summed E-state index contributed by atoms with van der Waals surface area (Å²) in [7, 11) is 0. The first-order valence-electron chi connectivity index (χ1n) is 7.80. The van der Waals surface area contributed by atoms with Crippen molar-refractivity contribution >= 4 is 11.9 Å². The van der Waals surface area contributed by atoms with E-state index in [1.54, 1.807) is 12.1 Å². The molecule has 4 rings (SSSR count). The number of hydrogen-bond donors (Lipinski definition) is 0. The van der Waals surface area contributed by atoms with E-state index in [0.29, 0.717) is 12.2 Å². The maximum atomic E-state index is 12.3. The van der Waals surface area contributed by atoms with E-state index in [2.05, 4.69) is 6.08 Å². The number of carbonyl (C=O) groups excluding carboxylic acids is 2. The summed E-state index contributed by atoms with van der Waals surface area (Å²) in [5.74, 6) is -0.360. The number of benzene rings is 1. The van der Waals surface area contributed by atoms with E-state index in [0.717, 1.165) is 19.3 Å². The average Bonchev–Trinajstić information content (AvgIpc) is 3.08. The van der Waals surface area contributed by atoms with E-state index in [1.807, 2.05) is 24.3 Å². The highest BCUT2D eigenvalue weighted by Gasteiger charge is 2.60. The van der Waals surface area contributed by atoms with Crippen LogP contribution in [-0.2, 0) is 14.3 Å². The van der Waals surface area contributed by atoms with Crippen LogP contribution < -0.4 is 0 Å². The van der Waals surface area contributed by atoms with Gasteiger partial charge >= 0.3 is 11.9 Å². The first kappa shape index (κ1) is 13.6. The van der Waals surface area contributed by atoms with Gasteiger partial charge in [0.25, 0.3) is 0 Å². The van der Waals surface area contributed by atoms with Crippen molar-refractivity contribution in [1.29, 1.82) is 0 Å². The van der Waals surface area contributed by atoms with E-state index in [4.69, 9.17) is 9.47 Å². The van der Waals surface area contributed by atoms with E-state index >= 15 is 0 Å². The summed E-state index contributed by atoms with van der Waals surface area (Å²) in [6.45, 7) is 0.463. The molecule has 1 aromatic rings. The number of rotatable bonds is 2. The Labute approximate surface area is 129 Å². The molecule has 0 bridgehead atoms. The Balaban J connectivity index is 1.56. The second-order valence-corrected chi connectivity index (χ2v) is 6.43. The minimum atomic E-state index is -0.289. The molecule has 1 saturated carbocycles. The lowest BCUT2D eigenvalue weighted by atomic mass is 9.66. The van der Waals surface area contributed by atoms with Gasteiger partial charge < -0.3 is 9.47 Å². The second-order valence-electron chi connectivity index (χ2n) is 6.43. The van der Waals surface area contributed by atoms with Gasteiger partial charge in [0, 0.05) is 11.3 Å². The Morgan fingerprint density at radius 2 is 2.09 bits per heavy atom. The molecule has 1 aromatic carbocycles. The number of esters is 2. The molecular weight excluding hydrogens is 280 g/mol. The topological polar surface area (TPSA) is 52.6 Å². The molecule has 114 valence electrons. The summed E-state index contributed by atoms with van der Waals surface area (Å²) in [5.41, 5.74) is 0.409. The second kappa shape index (κ2) is 4.97. The highest BCUT2D eigenvalue weighted by Crippen LogP contribution is 2.57. The molecule has 0 radical (unpaired) electrons. The normalized spacial score (nSPS) is 35.6. The van der Waals surface area contributed by atoms with Crippen LogP contribution in [0.25, 0.3) is 0 Å². The van der Waals surface area contributed by atoms with E-state index < -0.39 is 0 Å². The first-order chi connectivity index (χ1) is 10.7. The molecule has 22 heavy (non-hydrogen) atoms. The van der Waals surface area contributed by atoms with Gasteiger partial charge in [0.15, 0.2) is 0 Å². The lowest BCUT2D eigenvalue weighted by Crippen LogP contribution is -2.39. The largest absolute Gasteiger partial charge is 0.465 e. The SMILES string of the molecule is O=C(O[C@H]1CC[C@]23COC(=O)[C@H]2CC=C[C@@H]13)c1ccccc1. The van der Waals surface area contributed by atoms with Gasteiger partial charge in [0.1, 0.15) is 6.10 Å². The van der Waals surface area contributed by atoms with Gasteiger partial charge in [0.2, 0.25) is 0 Å². The fourth-order valence-corrected chi connectivity index (χ4v) is 4.26. The zero-order valence-corrected chi connectivity index (χ0v) is 12.2. The Morgan fingerprint density at radius 3 is 2.91 bits per heavy atom. The first-order valence-corrected chi connectivity index (χ1v) is 7.80. The summed E-state index contributed by atoms with van der Waals surface area (Å²) < 4.78 is 11.1. The van der Waals surface area contributed by atoms with Crippen molar-refractivity contribution in [3.63, 3.8) is 0 Å². The highest BCUT2D eigenvalue weighted by molar-refractivity contribution is 5.89. The van der Waals surface area contributed by atoms with Gasteiger partial charge in [0.05, 0.1) is 18.1 Å². The van der Waals surface area contributed by atoms with Crippen molar-refractivity contribution in [3.8, 4) is 0 Å². The van der Waals surface area contributed by atoms with Crippen LogP contribution in [0, 0.1) is 17.3 Å². The number of cyclic esters (lactones) is 1. The minimum Gasteiger partial charge on any atom is -0.465 e. The number of ether oxygens (including phenoxy) is 2. The van der Waals surface area contributed by atoms with Crippen LogP contribution in [0.1, 0.15) is 29.6 Å². The Bertz CT molecular complexity index is 636. The predicted octanol–water partition coefficient (Wildman–Crippen LogP) is 2.74. The monoisotopic (exact) mass is 298 g/mol. The Kier molecular flexibility index (Phi) is 3.06. The molecule has 1 spiro atoms. The highest BCUT2D eigenvalue weighted by atomic mass is 16.6. The summed E-state index contributed by atoms with van der Waals surface area (Å²) >= 11 is 0. The maximum absolute atomic E-state index is 12.3. The number of hydrogen-bond acceptors (Lipinski definition) is 4. The zero-order chi connectivity index (χ0) is 15.2. The third kappa shape index (κ3) is 1.90. The molecule has 3 aliphatic rings. The van der Waals surface area contributed by atoms with Gasteiger partial charge in [-0.1, -0.05) is 30.4 Å².